The van der Waals surface area contributed by atoms with E-state index in [-0.39, 0.29) is 17.5 Å². The first kappa shape index (κ1) is 50.6. The minimum absolute atomic E-state index is 0.196. The molecule has 13 nitrogen and oxygen atoms in total. The Morgan fingerprint density at radius 3 is 1.58 bits per heavy atom. The Kier molecular flexibility index (Phi) is 16.8. The number of fused-ring (bicyclic) bond motifs is 2. The van der Waals surface area contributed by atoms with Crippen molar-refractivity contribution in [2.24, 2.45) is 0 Å². The van der Waals surface area contributed by atoms with Crippen molar-refractivity contribution in [2.75, 3.05) is 62.2 Å². The van der Waals surface area contributed by atoms with Gasteiger partial charge in [0.25, 0.3) is 0 Å². The number of amides is 2. The van der Waals surface area contributed by atoms with Gasteiger partial charge in [-0.25, -0.2) is 24.5 Å². The SMILES string of the molecule is CC(C)(C)OC(=O)N1CCN(c2cccc(-c3nc(Cl)nc4ccc(Cl)cc34)c2)CC1.CC(C)(C)OC(=O)N1CCN(c2cccc(B(O)O)c2)CC1.Clc1ccc2nc(Cl)cc(Cl)c2c1. The highest BCUT2D eigenvalue weighted by Gasteiger charge is 2.28. The third-order valence-corrected chi connectivity index (χ3v) is 11.3. The summed E-state index contributed by atoms with van der Waals surface area (Å²) < 4.78 is 10.9. The molecule has 2 aromatic heterocycles. The smallest absolute Gasteiger partial charge is 0.444 e. The van der Waals surface area contributed by atoms with E-state index in [0.717, 1.165) is 57.5 Å². The van der Waals surface area contributed by atoms with Gasteiger partial charge in [-0.1, -0.05) is 70.7 Å². The third kappa shape index (κ3) is 14.1. The van der Waals surface area contributed by atoms with Gasteiger partial charge < -0.3 is 39.1 Å². The lowest BCUT2D eigenvalue weighted by atomic mass is 9.80. The van der Waals surface area contributed by atoms with E-state index in [4.69, 9.17) is 67.5 Å². The van der Waals surface area contributed by atoms with Gasteiger partial charge in [0.05, 0.1) is 21.7 Å². The number of pyridine rings is 1. The fourth-order valence-electron chi connectivity index (χ4n) is 7.10. The van der Waals surface area contributed by atoms with Crippen molar-refractivity contribution >= 4 is 116 Å². The number of anilines is 2. The zero-order valence-corrected chi connectivity index (χ0v) is 41.2. The summed E-state index contributed by atoms with van der Waals surface area (Å²) in [5.74, 6) is 0. The van der Waals surface area contributed by atoms with Crippen molar-refractivity contribution in [2.45, 2.75) is 52.7 Å². The summed E-state index contributed by atoms with van der Waals surface area (Å²) in [5.41, 5.74) is 4.65. The predicted octanol–water partition coefficient (Wildman–Crippen LogP) is 10.3. The van der Waals surface area contributed by atoms with Gasteiger partial charge in [0.15, 0.2) is 0 Å². The number of rotatable bonds is 4. The minimum atomic E-state index is -1.47. The molecule has 8 rings (SSSR count). The maximum Gasteiger partial charge on any atom is 0.488 e. The van der Waals surface area contributed by atoms with E-state index in [9.17, 15) is 19.6 Å². The van der Waals surface area contributed by atoms with Crippen molar-refractivity contribution in [1.82, 2.24) is 24.8 Å². The van der Waals surface area contributed by atoms with Gasteiger partial charge >= 0.3 is 19.3 Å². The van der Waals surface area contributed by atoms with Crippen molar-refractivity contribution in [3.05, 3.63) is 117 Å². The lowest BCUT2D eigenvalue weighted by Crippen LogP contribution is -2.50. The van der Waals surface area contributed by atoms with E-state index in [1.54, 1.807) is 58.3 Å². The number of benzene rings is 4. The van der Waals surface area contributed by atoms with Crippen LogP contribution in [0.4, 0.5) is 21.0 Å². The maximum atomic E-state index is 12.3. The van der Waals surface area contributed by atoms with Gasteiger partial charge in [0, 0.05) is 90.1 Å². The number of carbonyl (C=O) groups excluding carboxylic acids is 2. The number of hydrogen-bond acceptors (Lipinski definition) is 11. The molecule has 0 saturated carbocycles. The quantitative estimate of drug-likeness (QED) is 0.0989. The first-order valence-electron chi connectivity index (χ1n) is 21.2. The molecular formula is C47H51BCl5N7O6. The molecule has 2 N–H and O–H groups in total. The molecule has 2 aliphatic heterocycles. The molecule has 4 aromatic carbocycles. The number of ether oxygens (including phenoxy) is 2. The molecule has 4 heterocycles. The largest absolute Gasteiger partial charge is 0.488 e. The molecule has 0 aliphatic carbocycles. The number of nitrogens with zero attached hydrogens (tertiary/aromatic N) is 7. The molecule has 0 unspecified atom stereocenters. The van der Waals surface area contributed by atoms with Crippen LogP contribution >= 0.6 is 58.0 Å². The highest BCUT2D eigenvalue weighted by atomic mass is 35.5. The molecule has 0 bridgehead atoms. The van der Waals surface area contributed by atoms with Crippen LogP contribution in [0.1, 0.15) is 41.5 Å². The van der Waals surface area contributed by atoms with Gasteiger partial charge in [0.1, 0.15) is 16.4 Å². The molecule has 19 heteroatoms. The van der Waals surface area contributed by atoms with E-state index >= 15 is 0 Å². The lowest BCUT2D eigenvalue weighted by Gasteiger charge is -2.36. The van der Waals surface area contributed by atoms with Crippen LogP contribution in [-0.4, -0.2) is 118 Å². The number of aromatic nitrogens is 3. The summed E-state index contributed by atoms with van der Waals surface area (Å²) in [6.45, 7) is 16.4. The predicted molar refractivity (Wildman–Crippen MR) is 268 cm³/mol. The van der Waals surface area contributed by atoms with Gasteiger partial charge in [-0.2, -0.15) is 0 Å². The number of piperazine rings is 2. The van der Waals surface area contributed by atoms with Gasteiger partial charge in [-0.05, 0) is 125 Å². The first-order valence-corrected chi connectivity index (χ1v) is 23.1. The highest BCUT2D eigenvalue weighted by molar-refractivity contribution is 6.58. The Bertz CT molecular complexity index is 2670. The normalized spacial score (nSPS) is 14.3. The van der Waals surface area contributed by atoms with Gasteiger partial charge in [-0.3, -0.25) is 0 Å². The maximum absolute atomic E-state index is 12.3. The van der Waals surface area contributed by atoms with E-state index in [2.05, 4.69) is 36.9 Å². The number of hydrogen-bond donors (Lipinski definition) is 2. The third-order valence-electron chi connectivity index (χ3n) is 10.2. The first-order chi connectivity index (χ1) is 31.1. The van der Waals surface area contributed by atoms with E-state index in [0.29, 0.717) is 65.0 Å². The molecule has 0 spiro atoms. The Morgan fingerprint density at radius 1 is 0.576 bits per heavy atom. The average Bonchev–Trinajstić information content (AvgIpc) is 3.26. The summed E-state index contributed by atoms with van der Waals surface area (Å²) in [5, 5.41) is 22.6. The van der Waals surface area contributed by atoms with Crippen LogP contribution in [0.5, 0.6) is 0 Å². The Balaban J connectivity index is 0.000000178. The average molecular weight is 998 g/mol. The van der Waals surface area contributed by atoms with Gasteiger partial charge in [0.2, 0.25) is 5.28 Å². The van der Waals surface area contributed by atoms with Crippen molar-refractivity contribution in [3.8, 4) is 11.3 Å². The van der Waals surface area contributed by atoms with E-state index in [1.165, 1.54) is 0 Å². The molecule has 2 fully saturated rings. The second-order valence-corrected chi connectivity index (χ2v) is 19.5. The fourth-order valence-corrected chi connectivity index (χ4v) is 8.13. The van der Waals surface area contributed by atoms with Crippen LogP contribution in [0.25, 0.3) is 33.1 Å². The standard InChI is InChI=1S/C23H24Cl2N4O2.C15H23BN2O4.C9H4Cl3N/c1-23(2,3)31-22(30)29-11-9-28(10-12-29)17-6-4-5-15(13-17)20-18-14-16(24)7-8-19(18)26-21(25)27-20;1-15(2,3)22-14(19)18-9-7-17(8-10-18)13-6-4-5-12(11-13)16(20)21;10-5-1-2-8-6(3-5)7(11)4-9(12)13-8/h4-8,13-14H,9-12H2,1-3H3;4-6,11,20-21H,7-10H2,1-3H3;1-4H. The topological polar surface area (TPSA) is 145 Å². The Morgan fingerprint density at radius 2 is 1.06 bits per heavy atom. The monoisotopic (exact) mass is 995 g/mol. The highest BCUT2D eigenvalue weighted by Crippen LogP contribution is 2.32. The second-order valence-electron chi connectivity index (χ2n) is 17.5. The summed E-state index contributed by atoms with van der Waals surface area (Å²) in [6.07, 6.45) is -0.549. The Hall–Kier alpha value is -4.80. The molecule has 0 radical (unpaired) electrons. The van der Waals surface area contributed by atoms with Crippen molar-refractivity contribution in [1.29, 1.82) is 0 Å². The summed E-state index contributed by atoms with van der Waals surface area (Å²) in [7, 11) is -1.47. The van der Waals surface area contributed by atoms with Gasteiger partial charge in [-0.15, -0.1) is 0 Å². The van der Waals surface area contributed by atoms with Crippen LogP contribution in [0.2, 0.25) is 25.5 Å². The van der Waals surface area contributed by atoms with E-state index < -0.39 is 18.3 Å². The minimum Gasteiger partial charge on any atom is -0.444 e. The van der Waals surface area contributed by atoms with Crippen LogP contribution in [0.3, 0.4) is 0 Å². The van der Waals surface area contributed by atoms with Crippen LogP contribution in [0, 0.1) is 0 Å². The molecule has 6 aromatic rings. The summed E-state index contributed by atoms with van der Waals surface area (Å²) in [6, 6.07) is 27.7. The summed E-state index contributed by atoms with van der Waals surface area (Å²) >= 11 is 29.9. The Labute approximate surface area is 410 Å². The molecule has 348 valence electrons. The van der Waals surface area contributed by atoms with Crippen LogP contribution in [-0.2, 0) is 9.47 Å². The fraction of sp³-hybridized carbons (Fsp3) is 0.340. The molecule has 2 amide bonds. The zero-order valence-electron chi connectivity index (χ0n) is 37.4. The molecule has 2 aliphatic rings. The molecule has 66 heavy (non-hydrogen) atoms. The molecule has 0 atom stereocenters. The van der Waals surface area contributed by atoms with Crippen molar-refractivity contribution < 1.29 is 29.1 Å². The van der Waals surface area contributed by atoms with Crippen molar-refractivity contribution in [3.63, 3.8) is 0 Å². The zero-order chi connectivity index (χ0) is 47.9. The lowest BCUT2D eigenvalue weighted by molar-refractivity contribution is 0.0230. The number of halogens is 5. The number of carbonyl (C=O) groups is 2. The molecular weight excluding hydrogens is 947 g/mol. The van der Waals surface area contributed by atoms with Crippen LogP contribution < -0.4 is 15.3 Å². The van der Waals surface area contributed by atoms with E-state index in [1.807, 2.05) is 71.9 Å². The molecule has 2 saturated heterocycles. The summed E-state index contributed by atoms with van der Waals surface area (Å²) in [4.78, 5) is 45.1. The van der Waals surface area contributed by atoms with Crippen LogP contribution in [0.15, 0.2) is 91.0 Å². The second kappa shape index (κ2) is 21.9.